The third kappa shape index (κ3) is 10.2. The van der Waals surface area contributed by atoms with Gasteiger partial charge in [0.2, 0.25) is 5.91 Å². The smallest absolute Gasteiger partial charge is 0.322 e. The normalized spacial score (nSPS) is 11.9. The molecular weight excluding hydrogens is 370 g/mol. The molecule has 1 amide bonds. The first kappa shape index (κ1) is 24.5. The summed E-state index contributed by atoms with van der Waals surface area (Å²) in [5, 5.41) is 3.00. The molecule has 28 heavy (non-hydrogen) atoms. The zero-order valence-electron chi connectivity index (χ0n) is 18.4. The van der Waals surface area contributed by atoms with E-state index < -0.39 is 10.3 Å². The molecule has 0 aliphatic rings. The molecule has 0 unspecified atom stereocenters. The van der Waals surface area contributed by atoms with E-state index in [1.807, 2.05) is 46.8 Å². The summed E-state index contributed by atoms with van der Waals surface area (Å²) < 4.78 is 4.87. The van der Waals surface area contributed by atoms with Gasteiger partial charge >= 0.3 is 5.97 Å². The Kier molecular flexibility index (Phi) is 10.1. The highest BCUT2D eigenvalue weighted by molar-refractivity contribution is 8.01. The van der Waals surface area contributed by atoms with Crippen LogP contribution in [-0.2, 0) is 20.7 Å². The highest BCUT2D eigenvalue weighted by Gasteiger charge is 2.33. The van der Waals surface area contributed by atoms with Crippen LogP contribution in [0.1, 0.15) is 79.2 Å². The molecule has 0 fully saturated rings. The van der Waals surface area contributed by atoms with Crippen molar-refractivity contribution in [3.63, 3.8) is 0 Å². The van der Waals surface area contributed by atoms with E-state index in [1.54, 1.807) is 0 Å². The van der Waals surface area contributed by atoms with E-state index >= 15 is 0 Å². The lowest BCUT2D eigenvalue weighted by atomic mass is 10.1. The maximum Gasteiger partial charge on any atom is 0.322 e. The van der Waals surface area contributed by atoms with Gasteiger partial charge in [-0.1, -0.05) is 38.3 Å². The maximum absolute atomic E-state index is 12.5. The Bertz CT molecular complexity index is 635. The summed E-state index contributed by atoms with van der Waals surface area (Å²) >= 11 is 1.50. The number of nitrogens with one attached hydrogen (secondary N) is 1. The van der Waals surface area contributed by atoms with Gasteiger partial charge in [-0.3, -0.25) is 9.59 Å². The quantitative estimate of drug-likeness (QED) is 0.298. The Morgan fingerprint density at radius 2 is 1.79 bits per heavy atom. The van der Waals surface area contributed by atoms with Crippen molar-refractivity contribution in [3.8, 4) is 0 Å². The zero-order chi connectivity index (χ0) is 21.2. The Morgan fingerprint density at radius 3 is 2.43 bits per heavy atom. The van der Waals surface area contributed by atoms with E-state index in [4.69, 9.17) is 4.74 Å². The number of amides is 1. The number of unbranched alkanes of at least 4 members (excludes halogenated alkanes) is 3. The Labute approximate surface area is 175 Å². The molecule has 1 N–H and O–H groups in total. The molecule has 1 rings (SSSR count). The second-order valence-electron chi connectivity index (χ2n) is 8.67. The molecule has 0 radical (unpaired) electrons. The molecular formula is C23H37NO3S. The Morgan fingerprint density at radius 1 is 1.07 bits per heavy atom. The van der Waals surface area contributed by atoms with E-state index in [1.165, 1.54) is 24.6 Å². The summed E-state index contributed by atoms with van der Waals surface area (Å²) in [6.45, 7) is 12.2. The lowest BCUT2D eigenvalue weighted by Crippen LogP contribution is -2.36. The topological polar surface area (TPSA) is 55.4 Å². The lowest BCUT2D eigenvalue weighted by Gasteiger charge is -2.28. The monoisotopic (exact) mass is 407 g/mol. The second-order valence-corrected chi connectivity index (χ2v) is 10.4. The summed E-state index contributed by atoms with van der Waals surface area (Å²) in [6, 6.07) is 8.14. The first-order chi connectivity index (χ1) is 13.0. The van der Waals surface area contributed by atoms with Crippen LogP contribution in [0.3, 0.4) is 0 Å². The van der Waals surface area contributed by atoms with E-state index in [0.29, 0.717) is 13.0 Å². The minimum Gasteiger partial charge on any atom is -0.459 e. The second kappa shape index (κ2) is 11.5. The third-order valence-corrected chi connectivity index (χ3v) is 5.32. The number of carbonyl (C=O) groups is 2. The predicted octanol–water partition coefficient (Wildman–Crippen LogP) is 5.53. The fraction of sp³-hybridized carbons (Fsp3) is 0.652. The summed E-state index contributed by atoms with van der Waals surface area (Å²) in [6.07, 6.45) is 5.85. The molecule has 1 aromatic carbocycles. The highest BCUT2D eigenvalue weighted by Crippen LogP contribution is 2.35. The molecule has 0 aliphatic carbocycles. The van der Waals surface area contributed by atoms with Gasteiger partial charge in [0.15, 0.2) is 0 Å². The van der Waals surface area contributed by atoms with Crippen LogP contribution in [-0.4, -0.2) is 28.8 Å². The molecule has 0 bridgehead atoms. The standard InChI is InChI=1S/C23H37NO3S/c1-7-8-9-10-14-20(25)24-16-15-18-12-11-13-19(17-18)28-23(5,6)21(26)27-22(2,3)4/h11-13,17H,7-10,14-16H2,1-6H3,(H,24,25). The first-order valence-electron chi connectivity index (χ1n) is 10.3. The predicted molar refractivity (Wildman–Crippen MR) is 118 cm³/mol. The number of ether oxygens (including phenoxy) is 1. The van der Waals surface area contributed by atoms with Gasteiger partial charge in [0.05, 0.1) is 0 Å². The molecule has 0 aromatic heterocycles. The van der Waals surface area contributed by atoms with Gasteiger partial charge in [-0.2, -0.15) is 0 Å². The third-order valence-electron chi connectivity index (χ3n) is 4.16. The summed E-state index contributed by atoms with van der Waals surface area (Å²) in [4.78, 5) is 25.4. The molecule has 0 saturated carbocycles. The SMILES string of the molecule is CCCCCCC(=O)NCCc1cccc(SC(C)(C)C(=O)OC(C)(C)C)c1. The van der Waals surface area contributed by atoms with Crippen LogP contribution in [0, 0.1) is 0 Å². The zero-order valence-corrected chi connectivity index (χ0v) is 19.2. The number of benzene rings is 1. The van der Waals surface area contributed by atoms with Gasteiger partial charge in [-0.25, -0.2) is 0 Å². The number of carbonyl (C=O) groups excluding carboxylic acids is 2. The van der Waals surface area contributed by atoms with Gasteiger partial charge in [-0.15, -0.1) is 11.8 Å². The summed E-state index contributed by atoms with van der Waals surface area (Å²) in [5.74, 6) is -0.0848. The van der Waals surface area contributed by atoms with Crippen molar-refractivity contribution in [2.24, 2.45) is 0 Å². The largest absolute Gasteiger partial charge is 0.459 e. The minimum atomic E-state index is -0.668. The number of esters is 1. The van der Waals surface area contributed by atoms with Crippen molar-refractivity contribution in [1.29, 1.82) is 0 Å². The molecule has 5 heteroatoms. The van der Waals surface area contributed by atoms with Gasteiger partial charge in [0, 0.05) is 17.9 Å². The van der Waals surface area contributed by atoms with Crippen molar-refractivity contribution >= 4 is 23.6 Å². The average molecular weight is 408 g/mol. The van der Waals surface area contributed by atoms with Crippen LogP contribution in [0.15, 0.2) is 29.2 Å². The Hall–Kier alpha value is -1.49. The van der Waals surface area contributed by atoms with Gasteiger partial charge < -0.3 is 10.1 Å². The van der Waals surface area contributed by atoms with Crippen molar-refractivity contribution in [1.82, 2.24) is 5.32 Å². The molecule has 1 aromatic rings. The Balaban J connectivity index is 2.51. The maximum atomic E-state index is 12.5. The van der Waals surface area contributed by atoms with Crippen molar-refractivity contribution in [3.05, 3.63) is 29.8 Å². The summed E-state index contributed by atoms with van der Waals surface area (Å²) in [5.41, 5.74) is 0.655. The van der Waals surface area contributed by atoms with Crippen LogP contribution in [0.2, 0.25) is 0 Å². The van der Waals surface area contributed by atoms with Crippen molar-refractivity contribution < 1.29 is 14.3 Å². The lowest BCUT2D eigenvalue weighted by molar-refractivity contribution is -0.156. The van der Waals surface area contributed by atoms with Crippen LogP contribution >= 0.6 is 11.8 Å². The average Bonchev–Trinajstić information content (AvgIpc) is 2.57. The van der Waals surface area contributed by atoms with Gasteiger partial charge in [0.25, 0.3) is 0 Å². The van der Waals surface area contributed by atoms with Gasteiger partial charge in [-0.05, 0) is 65.2 Å². The van der Waals surface area contributed by atoms with E-state index in [9.17, 15) is 9.59 Å². The number of rotatable bonds is 11. The fourth-order valence-electron chi connectivity index (χ4n) is 2.65. The van der Waals surface area contributed by atoms with Crippen LogP contribution in [0.4, 0.5) is 0 Å². The van der Waals surface area contributed by atoms with E-state index in [2.05, 4.69) is 24.4 Å². The van der Waals surface area contributed by atoms with Crippen LogP contribution in [0.25, 0.3) is 0 Å². The molecule has 0 aliphatic heterocycles. The van der Waals surface area contributed by atoms with Gasteiger partial charge in [0.1, 0.15) is 10.3 Å². The molecule has 158 valence electrons. The first-order valence-corrected chi connectivity index (χ1v) is 11.1. The van der Waals surface area contributed by atoms with Crippen molar-refractivity contribution in [2.75, 3.05) is 6.54 Å². The molecule has 4 nitrogen and oxygen atoms in total. The molecule has 0 saturated heterocycles. The van der Waals surface area contributed by atoms with E-state index in [-0.39, 0.29) is 11.9 Å². The van der Waals surface area contributed by atoms with Crippen molar-refractivity contribution in [2.45, 2.75) is 95.3 Å². The van der Waals surface area contributed by atoms with Crippen LogP contribution in [0.5, 0.6) is 0 Å². The number of hydrogen-bond acceptors (Lipinski definition) is 4. The van der Waals surface area contributed by atoms with E-state index in [0.717, 1.165) is 29.7 Å². The summed E-state index contributed by atoms with van der Waals surface area (Å²) in [7, 11) is 0. The highest BCUT2D eigenvalue weighted by atomic mass is 32.2. The molecule has 0 heterocycles. The minimum absolute atomic E-state index is 0.132. The number of thioether (sulfide) groups is 1. The molecule has 0 atom stereocenters. The fourth-order valence-corrected chi connectivity index (χ4v) is 3.72. The van der Waals surface area contributed by atoms with Crippen LogP contribution < -0.4 is 5.32 Å². The number of hydrogen-bond donors (Lipinski definition) is 1. The molecule has 0 spiro atoms.